The van der Waals surface area contributed by atoms with Crippen molar-refractivity contribution in [2.45, 2.75) is 12.5 Å². The predicted octanol–water partition coefficient (Wildman–Crippen LogP) is 1.21. The highest BCUT2D eigenvalue weighted by molar-refractivity contribution is 14.1. The Morgan fingerprint density at radius 3 is 2.77 bits per heavy atom. The van der Waals surface area contributed by atoms with Gasteiger partial charge in [-0.25, -0.2) is 4.79 Å². The summed E-state index contributed by atoms with van der Waals surface area (Å²) < 4.78 is 26.7. The minimum absolute atomic E-state index is 0.679. The molecule has 1 N–H and O–H groups in total. The molecule has 0 bridgehead atoms. The molecule has 1 aromatic heterocycles. The highest BCUT2D eigenvalue weighted by Gasteiger charge is 2.39. The second-order valence-electron chi connectivity index (χ2n) is 2.37. The fourth-order valence-corrected chi connectivity index (χ4v) is 1.14. The summed E-state index contributed by atoms with van der Waals surface area (Å²) in [5.74, 6) is -5.91. The average Bonchev–Trinajstić information content (AvgIpc) is 2.34. The lowest BCUT2D eigenvalue weighted by atomic mass is 10.3. The van der Waals surface area contributed by atoms with E-state index in [0.29, 0.717) is 3.57 Å². The number of hydrogen-bond acceptors (Lipinski definition) is 2. The van der Waals surface area contributed by atoms with E-state index in [-0.39, 0.29) is 0 Å². The Bertz CT molecular complexity index is 326. The van der Waals surface area contributed by atoms with Crippen LogP contribution in [0.4, 0.5) is 8.78 Å². The van der Waals surface area contributed by atoms with E-state index in [2.05, 4.69) is 5.10 Å². The van der Waals surface area contributed by atoms with E-state index in [4.69, 9.17) is 5.11 Å². The molecule has 0 saturated heterocycles. The van der Waals surface area contributed by atoms with Crippen molar-refractivity contribution in [3.63, 3.8) is 0 Å². The van der Waals surface area contributed by atoms with Gasteiger partial charge in [0.25, 0.3) is 0 Å². The molecule has 0 atom stereocenters. The van der Waals surface area contributed by atoms with Crippen LogP contribution in [0.15, 0.2) is 12.4 Å². The van der Waals surface area contributed by atoms with Gasteiger partial charge in [-0.3, -0.25) is 4.68 Å². The van der Waals surface area contributed by atoms with Crippen molar-refractivity contribution >= 4 is 28.6 Å². The van der Waals surface area contributed by atoms with Crippen molar-refractivity contribution in [3.8, 4) is 0 Å². The second-order valence-corrected chi connectivity index (χ2v) is 3.61. The first kappa shape index (κ1) is 10.4. The second kappa shape index (κ2) is 3.56. The number of aliphatic carboxylic acids is 1. The molecule has 0 unspecified atom stereocenters. The van der Waals surface area contributed by atoms with Gasteiger partial charge in [-0.2, -0.15) is 13.9 Å². The fourth-order valence-electron chi connectivity index (χ4n) is 0.696. The van der Waals surface area contributed by atoms with Crippen molar-refractivity contribution in [2.75, 3.05) is 0 Å². The summed E-state index contributed by atoms with van der Waals surface area (Å²) in [5.41, 5.74) is 0. The van der Waals surface area contributed by atoms with Gasteiger partial charge in [0.15, 0.2) is 0 Å². The quantitative estimate of drug-likeness (QED) is 0.854. The van der Waals surface area contributed by atoms with Gasteiger partial charge in [0.1, 0.15) is 6.54 Å². The van der Waals surface area contributed by atoms with Crippen LogP contribution in [0, 0.1) is 3.57 Å². The van der Waals surface area contributed by atoms with E-state index in [1.165, 1.54) is 12.4 Å². The maximum atomic E-state index is 12.6. The maximum absolute atomic E-state index is 12.6. The molecule has 0 fully saturated rings. The molecule has 7 heteroatoms. The molecule has 0 radical (unpaired) electrons. The summed E-state index contributed by atoms with van der Waals surface area (Å²) in [6.45, 7) is -0.939. The third-order valence-corrected chi connectivity index (χ3v) is 1.83. The van der Waals surface area contributed by atoms with Gasteiger partial charge in [-0.15, -0.1) is 0 Å². The molecule has 1 aromatic rings. The van der Waals surface area contributed by atoms with Gasteiger partial charge in [-0.05, 0) is 22.6 Å². The van der Waals surface area contributed by atoms with Crippen molar-refractivity contribution < 1.29 is 18.7 Å². The summed E-state index contributed by atoms with van der Waals surface area (Å²) >= 11 is 1.89. The lowest BCUT2D eigenvalue weighted by Crippen LogP contribution is -2.33. The summed E-state index contributed by atoms with van der Waals surface area (Å²) in [5, 5.41) is 11.7. The van der Waals surface area contributed by atoms with Crippen LogP contribution < -0.4 is 0 Å². The van der Waals surface area contributed by atoms with E-state index in [1.807, 2.05) is 22.6 Å². The highest BCUT2D eigenvalue weighted by atomic mass is 127. The Labute approximate surface area is 85.7 Å². The van der Waals surface area contributed by atoms with Gasteiger partial charge in [0.05, 0.1) is 9.77 Å². The van der Waals surface area contributed by atoms with Crippen molar-refractivity contribution in [2.24, 2.45) is 0 Å². The lowest BCUT2D eigenvalue weighted by molar-refractivity contribution is -0.167. The molecule has 1 rings (SSSR count). The number of carboxylic acid groups (broad SMARTS) is 1. The average molecular weight is 302 g/mol. The fraction of sp³-hybridized carbons (Fsp3) is 0.333. The standard InChI is InChI=1S/C6H5F2IN2O2/c7-6(8,5(12)13)3-11-2-4(9)1-10-11/h1-2H,3H2,(H,12,13). The lowest BCUT2D eigenvalue weighted by Gasteiger charge is -2.10. The number of nitrogens with zero attached hydrogens (tertiary/aromatic N) is 2. The molecule has 72 valence electrons. The van der Waals surface area contributed by atoms with Crippen LogP contribution in [0.25, 0.3) is 0 Å². The van der Waals surface area contributed by atoms with E-state index in [1.54, 1.807) is 0 Å². The van der Waals surface area contributed by atoms with Gasteiger partial charge in [0, 0.05) is 6.20 Å². The van der Waals surface area contributed by atoms with Crippen LogP contribution in [-0.4, -0.2) is 26.8 Å². The van der Waals surface area contributed by atoms with Gasteiger partial charge < -0.3 is 5.11 Å². The molecule has 0 aromatic carbocycles. The Kier molecular flexibility index (Phi) is 2.84. The number of carbonyl (C=O) groups is 1. The molecule has 4 nitrogen and oxygen atoms in total. The van der Waals surface area contributed by atoms with Gasteiger partial charge in [-0.1, -0.05) is 0 Å². The van der Waals surface area contributed by atoms with Crippen LogP contribution in [0.5, 0.6) is 0 Å². The van der Waals surface area contributed by atoms with E-state index < -0.39 is 18.4 Å². The first-order valence-corrected chi connectivity index (χ1v) is 4.29. The molecule has 1 heterocycles. The third kappa shape index (κ3) is 2.61. The smallest absolute Gasteiger partial charge is 0.376 e. The number of alkyl halides is 2. The topological polar surface area (TPSA) is 55.1 Å². The van der Waals surface area contributed by atoms with Gasteiger partial charge >= 0.3 is 11.9 Å². The third-order valence-electron chi connectivity index (χ3n) is 1.28. The largest absolute Gasteiger partial charge is 0.477 e. The summed E-state index contributed by atoms with van der Waals surface area (Å²) in [6, 6.07) is 0. The maximum Gasteiger partial charge on any atom is 0.376 e. The molecule has 13 heavy (non-hydrogen) atoms. The number of hydrogen-bond donors (Lipinski definition) is 1. The Morgan fingerprint density at radius 2 is 2.38 bits per heavy atom. The van der Waals surface area contributed by atoms with Crippen molar-refractivity contribution in [1.29, 1.82) is 0 Å². The molecule has 0 saturated carbocycles. The first-order chi connectivity index (χ1) is 5.92. The van der Waals surface area contributed by atoms with Crippen LogP contribution in [0.1, 0.15) is 0 Å². The van der Waals surface area contributed by atoms with Gasteiger partial charge in [0.2, 0.25) is 0 Å². The predicted molar refractivity (Wildman–Crippen MR) is 47.5 cm³/mol. The highest BCUT2D eigenvalue weighted by Crippen LogP contribution is 2.16. The molecule has 0 aliphatic rings. The van der Waals surface area contributed by atoms with E-state index in [0.717, 1.165) is 4.68 Å². The summed E-state index contributed by atoms with van der Waals surface area (Å²) in [7, 11) is 0. The van der Waals surface area contributed by atoms with Crippen LogP contribution in [0.3, 0.4) is 0 Å². The monoisotopic (exact) mass is 302 g/mol. The molecule has 0 amide bonds. The van der Waals surface area contributed by atoms with Crippen molar-refractivity contribution in [1.82, 2.24) is 9.78 Å². The minimum atomic E-state index is -3.77. The summed E-state index contributed by atoms with van der Waals surface area (Å²) in [4.78, 5) is 10.0. The van der Waals surface area contributed by atoms with Crippen molar-refractivity contribution in [3.05, 3.63) is 16.0 Å². The molecule has 0 aliphatic carbocycles. The number of aromatic nitrogens is 2. The Morgan fingerprint density at radius 1 is 1.77 bits per heavy atom. The Hall–Kier alpha value is -0.730. The number of rotatable bonds is 3. The van der Waals surface area contributed by atoms with E-state index in [9.17, 15) is 13.6 Å². The zero-order valence-corrected chi connectivity index (χ0v) is 8.40. The van der Waals surface area contributed by atoms with E-state index >= 15 is 0 Å². The van der Waals surface area contributed by atoms with Crippen LogP contribution in [0.2, 0.25) is 0 Å². The molecule has 0 spiro atoms. The minimum Gasteiger partial charge on any atom is -0.477 e. The molecular formula is C6H5F2IN2O2. The summed E-state index contributed by atoms with van der Waals surface area (Å²) in [6.07, 6.45) is 2.72. The first-order valence-electron chi connectivity index (χ1n) is 3.21. The Balaban J connectivity index is 2.74. The zero-order chi connectivity index (χ0) is 10.1. The SMILES string of the molecule is O=C(O)C(F)(F)Cn1cc(I)cn1. The number of halogens is 3. The van der Waals surface area contributed by atoms with Crippen LogP contribution in [-0.2, 0) is 11.3 Å². The van der Waals surface area contributed by atoms with Crippen LogP contribution >= 0.6 is 22.6 Å². The zero-order valence-electron chi connectivity index (χ0n) is 6.25. The molecular weight excluding hydrogens is 297 g/mol. The molecule has 0 aliphatic heterocycles. The normalized spacial score (nSPS) is 11.6. The number of carboxylic acids is 1.